The number of nitrogens with zero attached hydrogens (tertiary/aromatic N) is 1. The lowest BCUT2D eigenvalue weighted by Gasteiger charge is -2.40. The Bertz CT molecular complexity index is 234. The summed E-state index contributed by atoms with van der Waals surface area (Å²) in [5.41, 5.74) is 0. The lowest BCUT2D eigenvalue weighted by atomic mass is 9.82. The van der Waals surface area contributed by atoms with Crippen LogP contribution in [0.4, 0.5) is 0 Å². The smallest absolute Gasteiger partial charge is 0.00957 e. The van der Waals surface area contributed by atoms with E-state index in [-0.39, 0.29) is 0 Å². The Morgan fingerprint density at radius 3 is 2.05 bits per heavy atom. The molecule has 2 fully saturated rings. The van der Waals surface area contributed by atoms with Gasteiger partial charge in [-0.25, -0.2) is 0 Å². The third kappa shape index (κ3) is 4.75. The van der Waals surface area contributed by atoms with Crippen LogP contribution < -0.4 is 5.32 Å². The number of rotatable bonds is 3. The van der Waals surface area contributed by atoms with Crippen molar-refractivity contribution in [3.05, 3.63) is 0 Å². The molecule has 2 nitrogen and oxygen atoms in total. The monoisotopic (exact) mass is 266 g/mol. The standard InChI is InChI=1S/C17H34N2/c1-4-5-16-6-8-17(9-7-16)19-12-14(2)10-18-11-15(3)13-19/h14-18H,4-13H2,1-3H3. The van der Waals surface area contributed by atoms with Crippen molar-refractivity contribution in [1.82, 2.24) is 10.2 Å². The van der Waals surface area contributed by atoms with Crippen molar-refractivity contribution in [2.75, 3.05) is 26.2 Å². The van der Waals surface area contributed by atoms with Gasteiger partial charge in [0.05, 0.1) is 0 Å². The van der Waals surface area contributed by atoms with Crippen molar-refractivity contribution >= 4 is 0 Å². The molecule has 2 aliphatic rings. The second-order valence-electron chi connectivity index (χ2n) is 7.29. The van der Waals surface area contributed by atoms with Crippen LogP contribution in [0.2, 0.25) is 0 Å². The van der Waals surface area contributed by atoms with E-state index in [1.54, 1.807) is 0 Å². The molecule has 1 aliphatic carbocycles. The van der Waals surface area contributed by atoms with Gasteiger partial charge in [0.2, 0.25) is 0 Å². The fourth-order valence-electron chi connectivity index (χ4n) is 4.09. The van der Waals surface area contributed by atoms with Crippen molar-refractivity contribution in [2.24, 2.45) is 17.8 Å². The Morgan fingerprint density at radius 1 is 0.947 bits per heavy atom. The van der Waals surface area contributed by atoms with Gasteiger partial charge in [-0.15, -0.1) is 0 Å². The first kappa shape index (κ1) is 15.3. The van der Waals surface area contributed by atoms with Gasteiger partial charge in [0.1, 0.15) is 0 Å². The molecule has 1 aliphatic heterocycles. The quantitative estimate of drug-likeness (QED) is 0.841. The van der Waals surface area contributed by atoms with Crippen molar-refractivity contribution in [1.29, 1.82) is 0 Å². The van der Waals surface area contributed by atoms with E-state index in [0.717, 1.165) is 23.8 Å². The van der Waals surface area contributed by atoms with Crippen LogP contribution in [0.5, 0.6) is 0 Å². The highest BCUT2D eigenvalue weighted by Crippen LogP contribution is 2.31. The lowest BCUT2D eigenvalue weighted by Crippen LogP contribution is -2.48. The molecule has 2 atom stereocenters. The second-order valence-corrected chi connectivity index (χ2v) is 7.29. The van der Waals surface area contributed by atoms with Crippen LogP contribution in [0.25, 0.3) is 0 Å². The molecule has 2 rings (SSSR count). The average Bonchev–Trinajstić information content (AvgIpc) is 2.37. The summed E-state index contributed by atoms with van der Waals surface area (Å²) in [5.74, 6) is 2.65. The van der Waals surface area contributed by atoms with Crippen LogP contribution in [0.1, 0.15) is 59.3 Å². The van der Waals surface area contributed by atoms with Gasteiger partial charge in [0.25, 0.3) is 0 Å². The van der Waals surface area contributed by atoms with Crippen LogP contribution in [-0.4, -0.2) is 37.1 Å². The first-order valence-electron chi connectivity index (χ1n) is 8.63. The Hall–Kier alpha value is -0.0800. The maximum absolute atomic E-state index is 3.61. The summed E-state index contributed by atoms with van der Waals surface area (Å²) in [5, 5.41) is 3.61. The number of hydrogen-bond acceptors (Lipinski definition) is 2. The molecular formula is C17H34N2. The highest BCUT2D eigenvalue weighted by atomic mass is 15.2. The molecule has 0 spiro atoms. The zero-order valence-corrected chi connectivity index (χ0v) is 13.3. The summed E-state index contributed by atoms with van der Waals surface area (Å²) < 4.78 is 0. The van der Waals surface area contributed by atoms with Gasteiger partial charge in [-0.3, -0.25) is 4.90 Å². The van der Waals surface area contributed by atoms with E-state index < -0.39 is 0 Å². The minimum absolute atomic E-state index is 0.806. The summed E-state index contributed by atoms with van der Waals surface area (Å²) in [4.78, 5) is 2.83. The second kappa shape index (κ2) is 7.64. The molecule has 112 valence electrons. The molecule has 1 heterocycles. The number of nitrogens with one attached hydrogen (secondary N) is 1. The van der Waals surface area contributed by atoms with Crippen molar-refractivity contribution < 1.29 is 0 Å². The van der Waals surface area contributed by atoms with Crippen LogP contribution in [0, 0.1) is 17.8 Å². The van der Waals surface area contributed by atoms with E-state index in [2.05, 4.69) is 31.0 Å². The molecule has 1 N–H and O–H groups in total. The summed E-state index contributed by atoms with van der Waals surface area (Å²) in [6.07, 6.45) is 8.71. The van der Waals surface area contributed by atoms with Gasteiger partial charge in [-0.1, -0.05) is 33.6 Å². The topological polar surface area (TPSA) is 15.3 Å². The summed E-state index contributed by atoms with van der Waals surface area (Å²) in [7, 11) is 0. The molecule has 0 amide bonds. The molecule has 0 aromatic heterocycles. The van der Waals surface area contributed by atoms with Gasteiger partial charge < -0.3 is 5.32 Å². The Kier molecular flexibility index (Phi) is 6.15. The van der Waals surface area contributed by atoms with Crippen LogP contribution in [0.3, 0.4) is 0 Å². The van der Waals surface area contributed by atoms with Crippen molar-refractivity contribution in [2.45, 2.75) is 65.3 Å². The summed E-state index contributed by atoms with van der Waals surface area (Å²) in [6.45, 7) is 12.1. The highest BCUT2D eigenvalue weighted by molar-refractivity contribution is 4.83. The molecule has 1 saturated carbocycles. The summed E-state index contributed by atoms with van der Waals surface area (Å²) >= 11 is 0. The largest absolute Gasteiger partial charge is 0.316 e. The van der Waals surface area contributed by atoms with Crippen LogP contribution >= 0.6 is 0 Å². The Morgan fingerprint density at radius 2 is 1.53 bits per heavy atom. The van der Waals surface area contributed by atoms with Crippen LogP contribution in [-0.2, 0) is 0 Å². The number of hydrogen-bond donors (Lipinski definition) is 1. The van der Waals surface area contributed by atoms with Gasteiger partial charge in [0, 0.05) is 19.1 Å². The molecule has 19 heavy (non-hydrogen) atoms. The minimum atomic E-state index is 0.806. The van der Waals surface area contributed by atoms with E-state index >= 15 is 0 Å². The third-order valence-corrected chi connectivity index (χ3v) is 5.11. The van der Waals surface area contributed by atoms with E-state index in [1.165, 1.54) is 64.7 Å². The maximum Gasteiger partial charge on any atom is 0.00957 e. The molecule has 0 aromatic rings. The Balaban J connectivity index is 1.85. The molecule has 2 heteroatoms. The fraction of sp³-hybridized carbons (Fsp3) is 1.00. The first-order valence-corrected chi connectivity index (χ1v) is 8.63. The van der Waals surface area contributed by atoms with E-state index in [9.17, 15) is 0 Å². The maximum atomic E-state index is 3.61. The van der Waals surface area contributed by atoms with E-state index in [4.69, 9.17) is 0 Å². The van der Waals surface area contributed by atoms with E-state index in [1.807, 2.05) is 0 Å². The molecule has 2 unspecified atom stereocenters. The summed E-state index contributed by atoms with van der Waals surface area (Å²) in [6, 6.07) is 0.885. The molecule has 1 saturated heterocycles. The normalized spacial score (nSPS) is 38.7. The zero-order valence-electron chi connectivity index (χ0n) is 13.3. The van der Waals surface area contributed by atoms with E-state index in [0.29, 0.717) is 0 Å². The van der Waals surface area contributed by atoms with Crippen LogP contribution in [0.15, 0.2) is 0 Å². The molecular weight excluding hydrogens is 232 g/mol. The lowest BCUT2D eigenvalue weighted by molar-refractivity contribution is 0.0934. The van der Waals surface area contributed by atoms with Crippen molar-refractivity contribution in [3.8, 4) is 0 Å². The molecule has 0 bridgehead atoms. The molecule has 0 radical (unpaired) electrons. The van der Waals surface area contributed by atoms with Crippen molar-refractivity contribution in [3.63, 3.8) is 0 Å². The first-order chi connectivity index (χ1) is 9.19. The van der Waals surface area contributed by atoms with Gasteiger partial charge in [-0.05, 0) is 56.5 Å². The minimum Gasteiger partial charge on any atom is -0.316 e. The predicted molar refractivity (Wildman–Crippen MR) is 83.4 cm³/mol. The third-order valence-electron chi connectivity index (χ3n) is 5.11. The van der Waals surface area contributed by atoms with Gasteiger partial charge in [0.15, 0.2) is 0 Å². The zero-order chi connectivity index (χ0) is 13.7. The van der Waals surface area contributed by atoms with Gasteiger partial charge in [-0.2, -0.15) is 0 Å². The highest BCUT2D eigenvalue weighted by Gasteiger charge is 2.28. The Labute approximate surface area is 120 Å². The predicted octanol–water partition coefficient (Wildman–Crippen LogP) is 3.52. The molecule has 0 aromatic carbocycles. The fourth-order valence-corrected chi connectivity index (χ4v) is 4.09. The average molecular weight is 266 g/mol. The van der Waals surface area contributed by atoms with Gasteiger partial charge >= 0.3 is 0 Å². The SMILES string of the molecule is CCCC1CCC(N2CC(C)CNCC(C)C2)CC1.